The summed E-state index contributed by atoms with van der Waals surface area (Å²) in [5, 5.41) is 4.54. The smallest absolute Gasteiger partial charge is 0.162 e. The highest BCUT2D eigenvalue weighted by atomic mass is 15.2. The van der Waals surface area contributed by atoms with Crippen LogP contribution in [0, 0.1) is 0 Å². The van der Waals surface area contributed by atoms with Gasteiger partial charge in [-0.2, -0.15) is 5.10 Å². The number of fused-ring (bicyclic) bond motifs is 1. The van der Waals surface area contributed by atoms with Crippen LogP contribution in [0.2, 0.25) is 0 Å². The molecule has 0 spiro atoms. The molecule has 0 N–H and O–H groups in total. The summed E-state index contributed by atoms with van der Waals surface area (Å²) in [4.78, 5) is 11.4. The molecule has 0 unspecified atom stereocenters. The van der Waals surface area contributed by atoms with Gasteiger partial charge in [0, 0.05) is 42.0 Å². The Hall–Kier alpha value is -3.05. The molecule has 5 nitrogen and oxygen atoms in total. The maximum absolute atomic E-state index is 4.70. The van der Waals surface area contributed by atoms with E-state index in [0.29, 0.717) is 6.04 Å². The fraction of sp³-hybridized carbons (Fsp3) is 0.292. The highest BCUT2D eigenvalue weighted by molar-refractivity contribution is 5.78. The predicted octanol–water partition coefficient (Wildman–Crippen LogP) is 5.01. The van der Waals surface area contributed by atoms with Gasteiger partial charge in [-0.25, -0.2) is 9.50 Å². The van der Waals surface area contributed by atoms with Crippen molar-refractivity contribution >= 4 is 5.65 Å². The second kappa shape index (κ2) is 7.76. The van der Waals surface area contributed by atoms with E-state index < -0.39 is 0 Å². The van der Waals surface area contributed by atoms with Crippen molar-refractivity contribution < 1.29 is 0 Å². The largest absolute Gasteiger partial charge is 0.297 e. The Morgan fingerprint density at radius 2 is 1.59 bits per heavy atom. The Kier molecular flexibility index (Phi) is 4.82. The molecule has 146 valence electrons. The molecular formula is C24H25N5. The van der Waals surface area contributed by atoms with E-state index in [0.717, 1.165) is 27.9 Å². The molecule has 1 atom stereocenters. The first-order valence-corrected chi connectivity index (χ1v) is 10.4. The number of aromatic nitrogens is 4. The van der Waals surface area contributed by atoms with Crippen molar-refractivity contribution in [3.05, 3.63) is 72.9 Å². The molecule has 4 heterocycles. The van der Waals surface area contributed by atoms with Gasteiger partial charge in [0.2, 0.25) is 0 Å². The summed E-state index contributed by atoms with van der Waals surface area (Å²) < 4.78 is 1.86. The molecule has 1 saturated heterocycles. The maximum Gasteiger partial charge on any atom is 0.162 e. The van der Waals surface area contributed by atoms with Gasteiger partial charge in [-0.15, -0.1) is 0 Å². The molecule has 0 saturated carbocycles. The zero-order chi connectivity index (χ0) is 19.6. The molecule has 5 rings (SSSR count). The molecule has 0 bridgehead atoms. The quantitative estimate of drug-likeness (QED) is 0.497. The molecule has 1 fully saturated rings. The summed E-state index contributed by atoms with van der Waals surface area (Å²) in [6.45, 7) is 4.74. The Labute approximate surface area is 171 Å². The van der Waals surface area contributed by atoms with Crippen molar-refractivity contribution in [1.29, 1.82) is 0 Å². The molecule has 29 heavy (non-hydrogen) atoms. The van der Waals surface area contributed by atoms with E-state index in [9.17, 15) is 0 Å². The zero-order valence-corrected chi connectivity index (χ0v) is 16.7. The number of hydrogen-bond acceptors (Lipinski definition) is 4. The van der Waals surface area contributed by atoms with E-state index in [1.807, 2.05) is 35.2 Å². The van der Waals surface area contributed by atoms with Crippen LogP contribution in [0.15, 0.2) is 67.4 Å². The maximum atomic E-state index is 4.70. The van der Waals surface area contributed by atoms with Crippen molar-refractivity contribution in [2.75, 3.05) is 13.1 Å². The molecule has 3 aromatic heterocycles. The van der Waals surface area contributed by atoms with Crippen LogP contribution in [0.5, 0.6) is 0 Å². The lowest BCUT2D eigenvalue weighted by molar-refractivity contribution is 0.175. The third kappa shape index (κ3) is 3.54. The summed E-state index contributed by atoms with van der Waals surface area (Å²) in [5.74, 6) is 0. The van der Waals surface area contributed by atoms with E-state index >= 15 is 0 Å². The van der Waals surface area contributed by atoms with Crippen molar-refractivity contribution in [1.82, 2.24) is 24.5 Å². The van der Waals surface area contributed by atoms with Crippen LogP contribution in [-0.2, 0) is 0 Å². The van der Waals surface area contributed by atoms with Gasteiger partial charge in [0.05, 0.1) is 6.20 Å². The lowest BCUT2D eigenvalue weighted by Crippen LogP contribution is -2.32. The second-order valence-corrected chi connectivity index (χ2v) is 7.80. The minimum atomic E-state index is 0.467. The Morgan fingerprint density at radius 3 is 2.34 bits per heavy atom. The Balaban J connectivity index is 1.42. The SMILES string of the molecule is C[C@H](c1ccc(-c2cnn3cc(-c4ccncc4)cnc23)cc1)N1CCCCC1. The van der Waals surface area contributed by atoms with Gasteiger partial charge in [-0.3, -0.25) is 9.88 Å². The van der Waals surface area contributed by atoms with Crippen molar-refractivity contribution in [3.8, 4) is 22.3 Å². The molecular weight excluding hydrogens is 358 g/mol. The number of hydrogen-bond donors (Lipinski definition) is 0. The van der Waals surface area contributed by atoms with Crippen molar-refractivity contribution in [3.63, 3.8) is 0 Å². The summed E-state index contributed by atoms with van der Waals surface area (Å²) in [6, 6.07) is 13.3. The van der Waals surface area contributed by atoms with Crippen LogP contribution < -0.4 is 0 Å². The molecule has 0 radical (unpaired) electrons. The van der Waals surface area contributed by atoms with E-state index in [4.69, 9.17) is 4.98 Å². The molecule has 1 aliphatic heterocycles. The Morgan fingerprint density at radius 1 is 0.828 bits per heavy atom. The van der Waals surface area contributed by atoms with Crippen LogP contribution in [0.25, 0.3) is 27.9 Å². The average Bonchev–Trinajstić information content (AvgIpc) is 3.23. The normalized spacial score (nSPS) is 16.2. The minimum Gasteiger partial charge on any atom is -0.297 e. The molecule has 5 heteroatoms. The van der Waals surface area contributed by atoms with Crippen LogP contribution in [0.4, 0.5) is 0 Å². The number of nitrogens with zero attached hydrogens (tertiary/aromatic N) is 5. The average molecular weight is 383 g/mol. The van der Waals surface area contributed by atoms with E-state index in [-0.39, 0.29) is 0 Å². The first-order chi connectivity index (χ1) is 14.3. The molecule has 0 aliphatic carbocycles. The molecule has 1 aromatic carbocycles. The van der Waals surface area contributed by atoms with Gasteiger partial charge in [-0.1, -0.05) is 30.7 Å². The number of likely N-dealkylation sites (tertiary alicyclic amines) is 1. The van der Waals surface area contributed by atoms with E-state index in [1.165, 1.54) is 37.9 Å². The second-order valence-electron chi connectivity index (χ2n) is 7.80. The number of benzene rings is 1. The predicted molar refractivity (Wildman–Crippen MR) is 115 cm³/mol. The fourth-order valence-electron chi connectivity index (χ4n) is 4.23. The first kappa shape index (κ1) is 18.0. The lowest BCUT2D eigenvalue weighted by atomic mass is 10.0. The van der Waals surface area contributed by atoms with Gasteiger partial charge in [-0.05, 0) is 61.7 Å². The Bertz CT molecular complexity index is 1100. The van der Waals surface area contributed by atoms with Crippen LogP contribution in [0.1, 0.15) is 37.8 Å². The summed E-state index contributed by atoms with van der Waals surface area (Å²) in [7, 11) is 0. The van der Waals surface area contributed by atoms with E-state index in [1.54, 1.807) is 12.4 Å². The monoisotopic (exact) mass is 383 g/mol. The molecule has 4 aromatic rings. The highest BCUT2D eigenvalue weighted by Gasteiger charge is 2.18. The third-order valence-electron chi connectivity index (χ3n) is 6.01. The standard InChI is InChI=1S/C24H25N5/c1-18(28-13-3-2-4-14-28)19-5-7-21(8-6-19)23-16-27-29-17-22(15-26-24(23)29)20-9-11-25-12-10-20/h5-12,15-18H,2-4,13-14H2,1H3/t18-/m1/s1. The number of piperidine rings is 1. The summed E-state index contributed by atoms with van der Waals surface area (Å²) in [5.41, 5.74) is 6.57. The first-order valence-electron chi connectivity index (χ1n) is 10.4. The van der Waals surface area contributed by atoms with Crippen molar-refractivity contribution in [2.24, 2.45) is 0 Å². The topological polar surface area (TPSA) is 46.3 Å². The van der Waals surface area contributed by atoms with E-state index in [2.05, 4.69) is 46.2 Å². The van der Waals surface area contributed by atoms with Crippen LogP contribution >= 0.6 is 0 Å². The fourth-order valence-corrected chi connectivity index (χ4v) is 4.23. The van der Waals surface area contributed by atoms with Gasteiger partial charge < -0.3 is 0 Å². The summed E-state index contributed by atoms with van der Waals surface area (Å²) >= 11 is 0. The molecule has 0 amide bonds. The third-order valence-corrected chi connectivity index (χ3v) is 6.01. The summed E-state index contributed by atoms with van der Waals surface area (Å²) in [6.07, 6.45) is 13.4. The van der Waals surface area contributed by atoms with Crippen LogP contribution in [0.3, 0.4) is 0 Å². The van der Waals surface area contributed by atoms with Gasteiger partial charge >= 0.3 is 0 Å². The van der Waals surface area contributed by atoms with Crippen molar-refractivity contribution in [2.45, 2.75) is 32.2 Å². The van der Waals surface area contributed by atoms with Gasteiger partial charge in [0.1, 0.15) is 0 Å². The lowest BCUT2D eigenvalue weighted by Gasteiger charge is -2.32. The minimum absolute atomic E-state index is 0.467. The number of rotatable bonds is 4. The highest BCUT2D eigenvalue weighted by Crippen LogP contribution is 2.29. The number of pyridine rings is 1. The van der Waals surface area contributed by atoms with Gasteiger partial charge in [0.25, 0.3) is 0 Å². The van der Waals surface area contributed by atoms with Crippen LogP contribution in [-0.4, -0.2) is 37.6 Å². The zero-order valence-electron chi connectivity index (χ0n) is 16.7. The molecule has 1 aliphatic rings. The van der Waals surface area contributed by atoms with Gasteiger partial charge in [0.15, 0.2) is 5.65 Å².